The van der Waals surface area contributed by atoms with Crippen LogP contribution in [0.4, 0.5) is 0 Å². The second kappa shape index (κ2) is 10.3. The Labute approximate surface area is 206 Å². The van der Waals surface area contributed by atoms with Crippen molar-refractivity contribution in [2.45, 2.75) is 18.8 Å². The quantitative estimate of drug-likeness (QED) is 0.326. The molecule has 0 aliphatic heterocycles. The number of hydrogen-bond acceptors (Lipinski definition) is 4. The lowest BCUT2D eigenvalue weighted by atomic mass is 9.76. The van der Waals surface area contributed by atoms with Crippen LogP contribution in [-0.2, 0) is 0 Å². The minimum absolute atomic E-state index is 0.0631. The summed E-state index contributed by atoms with van der Waals surface area (Å²) < 4.78 is 12.2. The van der Waals surface area contributed by atoms with Crippen LogP contribution in [0.2, 0.25) is 0 Å². The molecule has 0 bridgehead atoms. The second-order valence-electron chi connectivity index (χ2n) is 8.89. The number of rotatable bonds is 8. The molecule has 0 heterocycles. The molecule has 1 aliphatic carbocycles. The average molecular weight is 467 g/mol. The van der Waals surface area contributed by atoms with E-state index < -0.39 is 0 Å². The lowest BCUT2D eigenvalue weighted by molar-refractivity contribution is 0.197. The Kier molecular flexibility index (Phi) is 6.84. The van der Waals surface area contributed by atoms with E-state index in [1.165, 1.54) is 16.5 Å². The first-order valence-corrected chi connectivity index (χ1v) is 12.1. The van der Waals surface area contributed by atoms with Gasteiger partial charge in [-0.1, -0.05) is 79.7 Å². The summed E-state index contributed by atoms with van der Waals surface area (Å²) in [6.45, 7) is 2.52. The number of ether oxygens (including phenoxy) is 2. The van der Waals surface area contributed by atoms with Crippen LogP contribution in [0.1, 0.15) is 35.4 Å². The van der Waals surface area contributed by atoms with Gasteiger partial charge in [0, 0.05) is 17.0 Å². The van der Waals surface area contributed by atoms with Gasteiger partial charge in [-0.25, -0.2) is 0 Å². The van der Waals surface area contributed by atoms with Crippen molar-refractivity contribution in [1.29, 1.82) is 0 Å². The van der Waals surface area contributed by atoms with Crippen LogP contribution >= 0.6 is 0 Å². The van der Waals surface area contributed by atoms with Gasteiger partial charge in [-0.2, -0.15) is 0 Å². The highest BCUT2D eigenvalue weighted by atomic mass is 16.5. The predicted octanol–water partition coefficient (Wildman–Crippen LogP) is 6.16. The van der Waals surface area contributed by atoms with E-state index in [0.717, 1.165) is 27.8 Å². The van der Waals surface area contributed by atoms with Crippen molar-refractivity contribution >= 4 is 16.8 Å². The zero-order chi connectivity index (χ0) is 24.2. The van der Waals surface area contributed by atoms with Crippen molar-refractivity contribution in [3.05, 3.63) is 102 Å². The third kappa shape index (κ3) is 4.68. The third-order valence-electron chi connectivity index (χ3n) is 6.74. The van der Waals surface area contributed by atoms with Gasteiger partial charge >= 0.3 is 0 Å². The Hall–Kier alpha value is -3.60. The van der Waals surface area contributed by atoms with Gasteiger partial charge in [0.15, 0.2) is 0 Å². The lowest BCUT2D eigenvalue weighted by Crippen LogP contribution is -2.14. The van der Waals surface area contributed by atoms with Crippen LogP contribution in [0.3, 0.4) is 0 Å². The number of aliphatic hydroxyl groups excluding tert-OH is 2. The molecule has 1 aliphatic rings. The van der Waals surface area contributed by atoms with Crippen LogP contribution in [0.15, 0.2) is 84.9 Å². The van der Waals surface area contributed by atoms with Gasteiger partial charge in [-0.15, -0.1) is 0 Å². The third-order valence-corrected chi connectivity index (χ3v) is 6.74. The molecule has 0 amide bonds. The molecule has 4 nitrogen and oxygen atoms in total. The molecule has 4 heteroatoms. The molecular formula is C31H30O4. The maximum atomic E-state index is 9.49. The molecule has 0 aromatic heterocycles. The standard InChI is InChI=1S/C31H30O4/c1-21-26-9-5-4-7-23(26)12-13-27(21)29-20-30(34-16-14-32)28(19-31(29)35-17-15-33)25-11-10-22-6-2-3-8-24(22)18-25/h2-13,18-21,27,32-33H,14-17H2,1H3. The van der Waals surface area contributed by atoms with Crippen LogP contribution in [-0.4, -0.2) is 36.6 Å². The summed E-state index contributed by atoms with van der Waals surface area (Å²) in [5.74, 6) is 1.77. The highest BCUT2D eigenvalue weighted by Crippen LogP contribution is 2.47. The predicted molar refractivity (Wildman–Crippen MR) is 141 cm³/mol. The van der Waals surface area contributed by atoms with Crippen molar-refractivity contribution in [3.8, 4) is 22.6 Å². The van der Waals surface area contributed by atoms with Crippen molar-refractivity contribution < 1.29 is 19.7 Å². The van der Waals surface area contributed by atoms with Gasteiger partial charge in [-0.05, 0) is 51.6 Å². The summed E-state index contributed by atoms with van der Waals surface area (Å²) in [6, 6.07) is 27.1. The molecule has 5 rings (SSSR count). The fraction of sp³-hybridized carbons (Fsp3) is 0.226. The smallest absolute Gasteiger partial charge is 0.127 e. The maximum Gasteiger partial charge on any atom is 0.127 e. The Bertz CT molecular complexity index is 1360. The summed E-state index contributed by atoms with van der Waals surface area (Å²) in [7, 11) is 0. The van der Waals surface area contributed by atoms with Gasteiger partial charge in [0.05, 0.1) is 13.2 Å². The molecule has 0 radical (unpaired) electrons. The normalized spacial score (nSPS) is 16.8. The van der Waals surface area contributed by atoms with E-state index in [2.05, 4.69) is 73.7 Å². The highest BCUT2D eigenvalue weighted by Gasteiger charge is 2.28. The Morgan fingerprint density at radius 3 is 2.23 bits per heavy atom. The summed E-state index contributed by atoms with van der Waals surface area (Å²) >= 11 is 0. The van der Waals surface area contributed by atoms with Gasteiger partial charge < -0.3 is 19.7 Å². The average Bonchev–Trinajstić information content (AvgIpc) is 2.91. The fourth-order valence-corrected chi connectivity index (χ4v) is 4.99. The molecule has 2 unspecified atom stereocenters. The van der Waals surface area contributed by atoms with E-state index in [1.54, 1.807) is 0 Å². The zero-order valence-electron chi connectivity index (χ0n) is 19.9. The minimum Gasteiger partial charge on any atom is -0.491 e. The van der Waals surface area contributed by atoms with Gasteiger partial charge in [0.2, 0.25) is 0 Å². The lowest BCUT2D eigenvalue weighted by Gasteiger charge is -2.29. The molecular weight excluding hydrogens is 436 g/mol. The largest absolute Gasteiger partial charge is 0.491 e. The summed E-state index contributed by atoms with van der Waals surface area (Å²) in [4.78, 5) is 0. The number of benzene rings is 4. The summed E-state index contributed by atoms with van der Waals surface area (Å²) in [5.41, 5.74) is 5.45. The summed E-state index contributed by atoms with van der Waals surface area (Å²) in [5, 5.41) is 21.3. The van der Waals surface area contributed by atoms with E-state index in [1.807, 2.05) is 24.3 Å². The molecule has 0 fully saturated rings. The van der Waals surface area contributed by atoms with Crippen molar-refractivity contribution in [3.63, 3.8) is 0 Å². The first-order chi connectivity index (χ1) is 17.2. The highest BCUT2D eigenvalue weighted by molar-refractivity contribution is 5.88. The fourth-order valence-electron chi connectivity index (χ4n) is 4.99. The van der Waals surface area contributed by atoms with Crippen molar-refractivity contribution in [2.75, 3.05) is 26.4 Å². The first-order valence-electron chi connectivity index (χ1n) is 12.1. The molecule has 2 atom stereocenters. The summed E-state index contributed by atoms with van der Waals surface area (Å²) in [6.07, 6.45) is 4.39. The topological polar surface area (TPSA) is 58.9 Å². The van der Waals surface area contributed by atoms with Crippen LogP contribution < -0.4 is 9.47 Å². The van der Waals surface area contributed by atoms with Crippen LogP contribution in [0.25, 0.3) is 28.0 Å². The van der Waals surface area contributed by atoms with E-state index in [-0.39, 0.29) is 38.3 Å². The van der Waals surface area contributed by atoms with E-state index >= 15 is 0 Å². The molecule has 4 aromatic carbocycles. The second-order valence-corrected chi connectivity index (χ2v) is 8.89. The number of aliphatic hydroxyl groups is 2. The Morgan fingerprint density at radius 1 is 0.714 bits per heavy atom. The minimum atomic E-state index is -0.0671. The molecule has 178 valence electrons. The number of fused-ring (bicyclic) bond motifs is 2. The molecule has 35 heavy (non-hydrogen) atoms. The Morgan fingerprint density at radius 2 is 1.43 bits per heavy atom. The molecule has 0 saturated heterocycles. The van der Waals surface area contributed by atoms with Crippen molar-refractivity contribution in [2.24, 2.45) is 0 Å². The van der Waals surface area contributed by atoms with Crippen LogP contribution in [0.5, 0.6) is 11.5 Å². The van der Waals surface area contributed by atoms with Gasteiger partial charge in [0.1, 0.15) is 24.7 Å². The number of allylic oxidation sites excluding steroid dienone is 1. The monoisotopic (exact) mass is 466 g/mol. The van der Waals surface area contributed by atoms with Gasteiger partial charge in [-0.3, -0.25) is 0 Å². The molecule has 0 spiro atoms. The number of hydrogen-bond donors (Lipinski definition) is 2. The SMILES string of the molecule is CC1c2ccccc2C=CC1c1cc(OCCO)c(-c2ccc3ccccc3c2)cc1OCCO. The van der Waals surface area contributed by atoms with Crippen molar-refractivity contribution in [1.82, 2.24) is 0 Å². The van der Waals surface area contributed by atoms with E-state index in [9.17, 15) is 10.2 Å². The maximum absolute atomic E-state index is 9.49. The van der Waals surface area contributed by atoms with Gasteiger partial charge in [0.25, 0.3) is 0 Å². The Balaban J connectivity index is 1.64. The molecule has 0 saturated carbocycles. The van der Waals surface area contributed by atoms with E-state index in [4.69, 9.17) is 9.47 Å². The molecule has 2 N–H and O–H groups in total. The van der Waals surface area contributed by atoms with E-state index in [0.29, 0.717) is 5.75 Å². The zero-order valence-corrected chi connectivity index (χ0v) is 19.9. The molecule has 4 aromatic rings. The van der Waals surface area contributed by atoms with Crippen LogP contribution in [0, 0.1) is 0 Å². The first kappa shape index (κ1) is 23.2.